The van der Waals surface area contributed by atoms with E-state index < -0.39 is 23.2 Å². The lowest BCUT2D eigenvalue weighted by Gasteiger charge is -2.40. The molecule has 1 spiro atoms. The lowest BCUT2D eigenvalue weighted by molar-refractivity contribution is -0.139. The molecule has 2 fully saturated rings. The van der Waals surface area contributed by atoms with E-state index in [4.69, 9.17) is 21.3 Å². The molecule has 1 amide bonds. The maximum Gasteiger partial charge on any atom is 0.227 e. The number of halogens is 3. The zero-order chi connectivity index (χ0) is 27.4. The molecule has 0 unspecified atom stereocenters. The van der Waals surface area contributed by atoms with Gasteiger partial charge in [-0.2, -0.15) is 5.26 Å². The number of amides is 1. The first kappa shape index (κ1) is 26.6. The molecule has 38 heavy (non-hydrogen) atoms. The molecule has 2 saturated heterocycles. The van der Waals surface area contributed by atoms with Gasteiger partial charge in [0.25, 0.3) is 0 Å². The van der Waals surface area contributed by atoms with Gasteiger partial charge in [-0.15, -0.1) is 0 Å². The molecule has 1 aromatic carbocycles. The fourth-order valence-electron chi connectivity index (χ4n) is 5.98. The molecule has 6 nitrogen and oxygen atoms in total. The van der Waals surface area contributed by atoms with Gasteiger partial charge in [-0.25, -0.2) is 8.78 Å². The molecule has 5 rings (SSSR count). The van der Waals surface area contributed by atoms with E-state index in [9.17, 15) is 18.8 Å². The highest BCUT2D eigenvalue weighted by Crippen LogP contribution is 2.49. The van der Waals surface area contributed by atoms with Crippen molar-refractivity contribution < 1.29 is 18.3 Å². The SMILES string of the molecule is Cc1nc2c(cc1Cl)C(=CC#N)OC21CCN(C(=O)[C@@H]2CN(C(C)(C)C)C[C@H]2c2ccc(F)cc2F)CC1. The van der Waals surface area contributed by atoms with Gasteiger partial charge in [0, 0.05) is 62.1 Å². The third-order valence-corrected chi connectivity index (χ3v) is 8.56. The van der Waals surface area contributed by atoms with Gasteiger partial charge < -0.3 is 9.64 Å². The summed E-state index contributed by atoms with van der Waals surface area (Å²) in [7, 11) is 0. The van der Waals surface area contributed by atoms with Crippen molar-refractivity contribution >= 4 is 23.3 Å². The summed E-state index contributed by atoms with van der Waals surface area (Å²) in [6.45, 7) is 9.94. The Kier molecular flexibility index (Phi) is 6.73. The van der Waals surface area contributed by atoms with Crippen molar-refractivity contribution in [2.75, 3.05) is 26.2 Å². The van der Waals surface area contributed by atoms with Crippen LogP contribution in [-0.4, -0.2) is 52.4 Å². The number of aryl methyl sites for hydroxylation is 1. The number of hydrogen-bond donors (Lipinski definition) is 0. The molecule has 0 radical (unpaired) electrons. The second-order valence-corrected chi connectivity index (χ2v) is 11.9. The van der Waals surface area contributed by atoms with E-state index >= 15 is 0 Å². The number of carbonyl (C=O) groups is 1. The standard InChI is InChI=1S/C29H31ClF2N4O2/c1-17-23(30)14-20-25(7-10-33)38-29(26(20)34-17)8-11-35(12-9-29)27(37)22-16-36(28(2,3)4)15-21(22)19-6-5-18(31)13-24(19)32/h5-7,13-14,21-22H,8-9,11-12,15-16H2,1-4H3/t21-,22+/m0/s1. The molecule has 0 aliphatic carbocycles. The molecule has 4 heterocycles. The molecule has 1 aromatic heterocycles. The Morgan fingerprint density at radius 2 is 1.95 bits per heavy atom. The minimum atomic E-state index is -0.736. The van der Waals surface area contributed by atoms with E-state index in [0.717, 1.165) is 11.8 Å². The molecule has 9 heteroatoms. The number of pyridine rings is 1. The Bertz CT molecular complexity index is 1360. The van der Waals surface area contributed by atoms with E-state index in [1.807, 2.05) is 17.9 Å². The number of carbonyl (C=O) groups excluding carboxylic acids is 1. The number of aromatic nitrogens is 1. The van der Waals surface area contributed by atoms with Crippen molar-refractivity contribution in [3.63, 3.8) is 0 Å². The van der Waals surface area contributed by atoms with Crippen molar-refractivity contribution in [3.8, 4) is 6.07 Å². The molecular weight excluding hydrogens is 510 g/mol. The van der Waals surface area contributed by atoms with Crippen molar-refractivity contribution in [2.45, 2.75) is 57.6 Å². The molecule has 0 saturated carbocycles. The molecular formula is C29H31ClF2N4O2. The van der Waals surface area contributed by atoms with Crippen LogP contribution in [-0.2, 0) is 15.1 Å². The van der Waals surface area contributed by atoms with Crippen molar-refractivity contribution in [2.24, 2.45) is 5.92 Å². The quantitative estimate of drug-likeness (QED) is 0.467. The summed E-state index contributed by atoms with van der Waals surface area (Å²) in [5.41, 5.74) is 1.58. The fraction of sp³-hybridized carbons (Fsp3) is 0.483. The Labute approximate surface area is 226 Å². The van der Waals surface area contributed by atoms with E-state index in [2.05, 4.69) is 25.7 Å². The summed E-state index contributed by atoms with van der Waals surface area (Å²) in [6.07, 6.45) is 2.38. The average Bonchev–Trinajstić information content (AvgIpc) is 3.41. The normalized spacial score (nSPS) is 23.9. The zero-order valence-corrected chi connectivity index (χ0v) is 22.8. The second-order valence-electron chi connectivity index (χ2n) is 11.5. The summed E-state index contributed by atoms with van der Waals surface area (Å²) in [6, 6.07) is 7.44. The summed E-state index contributed by atoms with van der Waals surface area (Å²) in [5, 5.41) is 9.77. The first-order valence-electron chi connectivity index (χ1n) is 12.9. The summed E-state index contributed by atoms with van der Waals surface area (Å²) < 4.78 is 34.8. The summed E-state index contributed by atoms with van der Waals surface area (Å²) >= 11 is 6.32. The van der Waals surface area contributed by atoms with E-state index in [1.165, 1.54) is 18.2 Å². The van der Waals surface area contributed by atoms with Crippen LogP contribution in [0.25, 0.3) is 5.76 Å². The van der Waals surface area contributed by atoms with Crippen molar-refractivity contribution in [3.05, 3.63) is 69.5 Å². The molecule has 3 aliphatic rings. The Balaban J connectivity index is 1.40. The Morgan fingerprint density at radius 3 is 2.58 bits per heavy atom. The van der Waals surface area contributed by atoms with Gasteiger partial charge in [-0.05, 0) is 45.4 Å². The molecule has 2 aromatic rings. The maximum absolute atomic E-state index is 14.9. The van der Waals surface area contributed by atoms with Crippen LogP contribution in [0.2, 0.25) is 5.02 Å². The van der Waals surface area contributed by atoms with Gasteiger partial charge in [-0.3, -0.25) is 14.7 Å². The van der Waals surface area contributed by atoms with Gasteiger partial charge >= 0.3 is 0 Å². The van der Waals surface area contributed by atoms with Crippen LogP contribution in [0.4, 0.5) is 8.78 Å². The summed E-state index contributed by atoms with van der Waals surface area (Å²) in [5.74, 6) is -1.67. The topological polar surface area (TPSA) is 69.5 Å². The number of nitriles is 1. The maximum atomic E-state index is 14.9. The van der Waals surface area contributed by atoms with E-state index in [0.29, 0.717) is 66.6 Å². The fourth-order valence-corrected chi connectivity index (χ4v) is 6.13. The monoisotopic (exact) mass is 540 g/mol. The summed E-state index contributed by atoms with van der Waals surface area (Å²) in [4.78, 5) is 22.7. The molecule has 2 atom stereocenters. The molecule has 3 aliphatic heterocycles. The minimum Gasteiger partial charge on any atom is -0.479 e. The van der Waals surface area contributed by atoms with Crippen LogP contribution in [0.5, 0.6) is 0 Å². The number of rotatable bonds is 2. The van der Waals surface area contributed by atoms with Crippen LogP contribution in [0.1, 0.15) is 62.0 Å². The van der Waals surface area contributed by atoms with Crippen LogP contribution in [0, 0.1) is 35.8 Å². The Morgan fingerprint density at radius 1 is 1.24 bits per heavy atom. The first-order chi connectivity index (χ1) is 17.9. The predicted molar refractivity (Wildman–Crippen MR) is 140 cm³/mol. The molecule has 0 bridgehead atoms. The van der Waals surface area contributed by atoms with Crippen molar-refractivity contribution in [1.82, 2.24) is 14.8 Å². The predicted octanol–water partition coefficient (Wildman–Crippen LogP) is 5.55. The number of ether oxygens (including phenoxy) is 1. The Hall–Kier alpha value is -3.02. The van der Waals surface area contributed by atoms with Crippen LogP contribution in [0.3, 0.4) is 0 Å². The number of likely N-dealkylation sites (tertiary alicyclic amines) is 2. The minimum absolute atomic E-state index is 0.0356. The highest BCUT2D eigenvalue weighted by Gasteiger charge is 2.50. The van der Waals surface area contributed by atoms with Crippen LogP contribution in [0.15, 0.2) is 30.3 Å². The van der Waals surface area contributed by atoms with E-state index in [1.54, 1.807) is 6.07 Å². The molecule has 0 N–H and O–H groups in total. The van der Waals surface area contributed by atoms with Gasteiger partial charge in [-0.1, -0.05) is 17.7 Å². The van der Waals surface area contributed by atoms with Crippen molar-refractivity contribution in [1.29, 1.82) is 5.26 Å². The zero-order valence-electron chi connectivity index (χ0n) is 22.0. The van der Waals surface area contributed by atoms with Gasteiger partial charge in [0.05, 0.1) is 34.5 Å². The largest absolute Gasteiger partial charge is 0.479 e. The van der Waals surface area contributed by atoms with Gasteiger partial charge in [0.1, 0.15) is 17.4 Å². The van der Waals surface area contributed by atoms with E-state index in [-0.39, 0.29) is 17.4 Å². The number of hydrogen-bond acceptors (Lipinski definition) is 5. The smallest absolute Gasteiger partial charge is 0.227 e. The number of piperidine rings is 1. The first-order valence-corrected chi connectivity index (χ1v) is 13.3. The third-order valence-electron chi connectivity index (χ3n) is 8.18. The number of allylic oxidation sites excluding steroid dienone is 1. The average molecular weight is 541 g/mol. The highest BCUT2D eigenvalue weighted by molar-refractivity contribution is 6.31. The van der Waals surface area contributed by atoms with Crippen LogP contribution >= 0.6 is 11.6 Å². The van der Waals surface area contributed by atoms with Gasteiger partial charge in [0.2, 0.25) is 5.91 Å². The van der Waals surface area contributed by atoms with Crippen LogP contribution < -0.4 is 0 Å². The second kappa shape index (κ2) is 9.62. The van der Waals surface area contributed by atoms with Gasteiger partial charge in [0.15, 0.2) is 5.60 Å². The highest BCUT2D eigenvalue weighted by atomic mass is 35.5. The third kappa shape index (κ3) is 4.56. The lowest BCUT2D eigenvalue weighted by atomic mass is 9.84. The molecule has 200 valence electrons. The number of nitrogens with zero attached hydrogens (tertiary/aromatic N) is 4. The lowest BCUT2D eigenvalue weighted by Crippen LogP contribution is -2.48. The number of benzene rings is 1. The number of fused-ring (bicyclic) bond motifs is 2.